The molecule has 2 aromatic rings. The molecule has 1 atom stereocenters. The van der Waals surface area contributed by atoms with Gasteiger partial charge in [-0.1, -0.05) is 11.8 Å². The van der Waals surface area contributed by atoms with Crippen molar-refractivity contribution in [3.05, 3.63) is 18.2 Å². The van der Waals surface area contributed by atoms with Crippen LogP contribution in [0.2, 0.25) is 0 Å². The van der Waals surface area contributed by atoms with Crippen molar-refractivity contribution in [2.75, 3.05) is 5.75 Å². The molecule has 120 valence electrons. The van der Waals surface area contributed by atoms with Crippen molar-refractivity contribution >= 4 is 56.0 Å². The monoisotopic (exact) mass is 379 g/mol. The molecule has 0 radical (unpaired) electrons. The van der Waals surface area contributed by atoms with Crippen LogP contribution in [0.4, 0.5) is 0 Å². The lowest BCUT2D eigenvalue weighted by Crippen LogP contribution is -2.11. The Morgan fingerprint density at radius 2 is 2.18 bits per heavy atom. The first kappa shape index (κ1) is 16.4. The molecule has 3 rings (SSSR count). The number of rotatable bonds is 5. The lowest BCUT2D eigenvalue weighted by Gasteiger charge is -2.05. The standard InChI is InChI=1S/C13H15Cl2N3O2S2/c1-2-18-11-4-3-9(22(16,19)20)5-10(11)17-12(18)21-7-8-6-13(8,14)15/h3-5,8H,2,6-7H2,1H3,(H2,16,19,20)/t8-/m0/s1. The Morgan fingerprint density at radius 1 is 1.50 bits per heavy atom. The maximum Gasteiger partial charge on any atom is 0.238 e. The quantitative estimate of drug-likeness (QED) is 0.639. The molecular weight excluding hydrogens is 365 g/mol. The molecule has 5 nitrogen and oxygen atoms in total. The average molecular weight is 380 g/mol. The highest BCUT2D eigenvalue weighted by atomic mass is 35.5. The second kappa shape index (κ2) is 5.56. The highest BCUT2D eigenvalue weighted by Crippen LogP contribution is 2.54. The Bertz CT molecular complexity index is 833. The van der Waals surface area contributed by atoms with E-state index in [9.17, 15) is 8.42 Å². The van der Waals surface area contributed by atoms with E-state index in [-0.39, 0.29) is 10.8 Å². The third-order valence-electron chi connectivity index (χ3n) is 3.70. The molecule has 1 aromatic heterocycles. The van der Waals surface area contributed by atoms with E-state index >= 15 is 0 Å². The van der Waals surface area contributed by atoms with Crippen LogP contribution in [0.25, 0.3) is 11.0 Å². The maximum atomic E-state index is 11.4. The Labute approximate surface area is 143 Å². The number of sulfonamides is 1. The van der Waals surface area contributed by atoms with Gasteiger partial charge in [-0.2, -0.15) is 0 Å². The first-order valence-electron chi connectivity index (χ1n) is 6.76. The van der Waals surface area contributed by atoms with Crippen LogP contribution < -0.4 is 5.14 Å². The molecule has 0 aliphatic heterocycles. The van der Waals surface area contributed by atoms with Crippen LogP contribution in [0.5, 0.6) is 0 Å². The summed E-state index contributed by atoms with van der Waals surface area (Å²) in [4.78, 5) is 4.59. The lowest BCUT2D eigenvalue weighted by molar-refractivity contribution is 0.598. The number of imidazole rings is 1. The molecule has 1 fully saturated rings. The van der Waals surface area contributed by atoms with Crippen molar-refractivity contribution in [3.63, 3.8) is 0 Å². The van der Waals surface area contributed by atoms with Gasteiger partial charge in [-0.15, -0.1) is 23.2 Å². The van der Waals surface area contributed by atoms with Gasteiger partial charge in [0.25, 0.3) is 0 Å². The molecule has 1 aromatic carbocycles. The SMILES string of the molecule is CCn1c(SC[C@@H]2CC2(Cl)Cl)nc2cc(S(N)(=O)=O)ccc21. The molecule has 0 bridgehead atoms. The number of benzene rings is 1. The molecule has 0 saturated heterocycles. The van der Waals surface area contributed by atoms with E-state index < -0.39 is 14.4 Å². The number of aryl methyl sites for hydroxylation is 1. The van der Waals surface area contributed by atoms with E-state index in [0.29, 0.717) is 5.52 Å². The van der Waals surface area contributed by atoms with Gasteiger partial charge in [0.05, 0.1) is 15.9 Å². The molecule has 2 N–H and O–H groups in total. The minimum atomic E-state index is -3.73. The molecule has 1 aliphatic carbocycles. The molecule has 1 heterocycles. The summed E-state index contributed by atoms with van der Waals surface area (Å²) >= 11 is 13.7. The number of hydrogen-bond acceptors (Lipinski definition) is 4. The topological polar surface area (TPSA) is 78.0 Å². The van der Waals surface area contributed by atoms with Crippen molar-refractivity contribution < 1.29 is 8.42 Å². The van der Waals surface area contributed by atoms with Crippen LogP contribution in [0.15, 0.2) is 28.3 Å². The summed E-state index contributed by atoms with van der Waals surface area (Å²) in [6.45, 7) is 2.76. The van der Waals surface area contributed by atoms with E-state index in [2.05, 4.69) is 4.98 Å². The number of nitrogens with zero attached hydrogens (tertiary/aromatic N) is 2. The van der Waals surface area contributed by atoms with Crippen molar-refractivity contribution in [1.82, 2.24) is 9.55 Å². The second-order valence-electron chi connectivity index (χ2n) is 5.31. The van der Waals surface area contributed by atoms with Gasteiger partial charge in [-0.25, -0.2) is 18.5 Å². The van der Waals surface area contributed by atoms with Crippen LogP contribution in [-0.2, 0) is 16.6 Å². The molecule has 1 aliphatic rings. The number of nitrogens with two attached hydrogens (primary N) is 1. The highest BCUT2D eigenvalue weighted by molar-refractivity contribution is 7.99. The van der Waals surface area contributed by atoms with Gasteiger partial charge in [0.1, 0.15) is 4.33 Å². The fourth-order valence-electron chi connectivity index (χ4n) is 2.31. The second-order valence-corrected chi connectivity index (χ2v) is 9.40. The molecule has 0 unspecified atom stereocenters. The third-order valence-corrected chi connectivity index (χ3v) is 6.67. The number of hydrogen-bond donors (Lipinski definition) is 1. The average Bonchev–Trinajstić information content (AvgIpc) is 2.90. The largest absolute Gasteiger partial charge is 0.319 e. The van der Waals surface area contributed by atoms with Crippen LogP contribution >= 0.6 is 35.0 Å². The lowest BCUT2D eigenvalue weighted by atomic mass is 10.3. The zero-order valence-electron chi connectivity index (χ0n) is 11.8. The van der Waals surface area contributed by atoms with E-state index in [1.54, 1.807) is 17.8 Å². The summed E-state index contributed by atoms with van der Waals surface area (Å²) in [6.07, 6.45) is 0.797. The van der Waals surface area contributed by atoms with Crippen LogP contribution in [0.3, 0.4) is 0 Å². The van der Waals surface area contributed by atoms with E-state index in [4.69, 9.17) is 28.3 Å². The van der Waals surface area contributed by atoms with Gasteiger partial charge in [0.15, 0.2) is 5.16 Å². The fourth-order valence-corrected chi connectivity index (χ4v) is 4.85. The highest BCUT2D eigenvalue weighted by Gasteiger charge is 2.51. The van der Waals surface area contributed by atoms with Gasteiger partial charge < -0.3 is 4.57 Å². The van der Waals surface area contributed by atoms with Crippen molar-refractivity contribution in [2.45, 2.75) is 34.3 Å². The van der Waals surface area contributed by atoms with Crippen LogP contribution in [0.1, 0.15) is 13.3 Å². The predicted molar refractivity (Wildman–Crippen MR) is 90.0 cm³/mol. The summed E-state index contributed by atoms with van der Waals surface area (Å²) in [5, 5.41) is 6.00. The summed E-state index contributed by atoms with van der Waals surface area (Å²) in [5.74, 6) is 1.06. The summed E-state index contributed by atoms with van der Waals surface area (Å²) in [5.41, 5.74) is 1.51. The Morgan fingerprint density at radius 3 is 2.73 bits per heavy atom. The molecule has 9 heteroatoms. The first-order valence-corrected chi connectivity index (χ1v) is 10.0. The fraction of sp³-hybridized carbons (Fsp3) is 0.462. The minimum Gasteiger partial charge on any atom is -0.319 e. The number of alkyl halides is 2. The van der Waals surface area contributed by atoms with Gasteiger partial charge in [-0.3, -0.25) is 0 Å². The zero-order chi connectivity index (χ0) is 16.1. The maximum absolute atomic E-state index is 11.4. The number of fused-ring (bicyclic) bond motifs is 1. The Balaban J connectivity index is 1.93. The van der Waals surface area contributed by atoms with Crippen molar-refractivity contribution in [3.8, 4) is 0 Å². The van der Waals surface area contributed by atoms with Crippen molar-refractivity contribution in [2.24, 2.45) is 11.1 Å². The molecule has 22 heavy (non-hydrogen) atoms. The van der Waals surface area contributed by atoms with E-state index in [1.807, 2.05) is 11.5 Å². The zero-order valence-corrected chi connectivity index (χ0v) is 14.9. The minimum absolute atomic E-state index is 0.0695. The number of halogens is 2. The molecule has 0 spiro atoms. The van der Waals surface area contributed by atoms with Gasteiger partial charge in [0, 0.05) is 18.2 Å². The van der Waals surface area contributed by atoms with Crippen LogP contribution in [0, 0.1) is 5.92 Å². The molecular formula is C13H15Cl2N3O2S2. The Kier molecular flexibility index (Phi) is 4.14. The smallest absolute Gasteiger partial charge is 0.238 e. The van der Waals surface area contributed by atoms with Gasteiger partial charge >= 0.3 is 0 Å². The number of primary sulfonamides is 1. The first-order chi connectivity index (χ1) is 10.2. The van der Waals surface area contributed by atoms with Gasteiger partial charge in [0.2, 0.25) is 10.0 Å². The Hall–Kier alpha value is -0.470. The number of thioether (sulfide) groups is 1. The molecule has 1 saturated carbocycles. The summed E-state index contributed by atoms with van der Waals surface area (Å²) < 4.78 is 24.3. The van der Waals surface area contributed by atoms with Gasteiger partial charge in [-0.05, 0) is 31.5 Å². The predicted octanol–water partition coefficient (Wildman–Crippen LogP) is 2.99. The summed E-state index contributed by atoms with van der Waals surface area (Å²) in [6, 6.07) is 4.74. The third kappa shape index (κ3) is 3.10. The van der Waals surface area contributed by atoms with Crippen LogP contribution in [-0.4, -0.2) is 28.1 Å². The van der Waals surface area contributed by atoms with E-state index in [1.165, 1.54) is 12.1 Å². The normalized spacial score (nSPS) is 20.5. The number of aromatic nitrogens is 2. The molecule has 0 amide bonds. The van der Waals surface area contributed by atoms with Crippen molar-refractivity contribution in [1.29, 1.82) is 0 Å². The van der Waals surface area contributed by atoms with E-state index in [0.717, 1.165) is 29.4 Å². The summed E-state index contributed by atoms with van der Waals surface area (Å²) in [7, 11) is -3.73.